The maximum atomic E-state index is 11.8. The van der Waals surface area contributed by atoms with Crippen LogP contribution in [-0.4, -0.2) is 44.5 Å². The summed E-state index contributed by atoms with van der Waals surface area (Å²) in [5.41, 5.74) is 0.0356. The van der Waals surface area contributed by atoms with Crippen molar-refractivity contribution in [3.8, 4) is 0 Å². The minimum atomic E-state index is -1.04. The number of amides is 1. The number of carboxylic acids is 1. The molecule has 0 spiro atoms. The Bertz CT molecular complexity index is 458. The molecule has 1 amide bonds. The molecular formula is C11H14N2O3S3. The number of nitrogens with zero attached hydrogens (tertiary/aromatic N) is 1. The highest BCUT2D eigenvalue weighted by Crippen LogP contribution is 2.26. The summed E-state index contributed by atoms with van der Waals surface area (Å²) in [6, 6.07) is 0. The fourth-order valence-electron chi connectivity index (χ4n) is 1.60. The van der Waals surface area contributed by atoms with Crippen molar-refractivity contribution < 1.29 is 14.7 Å². The Kier molecular flexibility index (Phi) is 5.53. The van der Waals surface area contributed by atoms with E-state index < -0.39 is 5.97 Å². The van der Waals surface area contributed by atoms with Crippen LogP contribution in [0.4, 0.5) is 0 Å². The highest BCUT2D eigenvalue weighted by molar-refractivity contribution is 8.06. The van der Waals surface area contributed by atoms with Gasteiger partial charge in [0.15, 0.2) is 5.69 Å². The minimum Gasteiger partial charge on any atom is -0.476 e. The first-order valence-corrected chi connectivity index (χ1v) is 8.87. The van der Waals surface area contributed by atoms with E-state index in [0.717, 1.165) is 11.5 Å². The Morgan fingerprint density at radius 1 is 1.47 bits per heavy atom. The Balaban J connectivity index is 1.74. The van der Waals surface area contributed by atoms with Crippen molar-refractivity contribution in [3.63, 3.8) is 0 Å². The van der Waals surface area contributed by atoms with Crippen molar-refractivity contribution in [2.75, 3.05) is 17.3 Å². The molecule has 0 aromatic carbocycles. The number of hydrogen-bond donors (Lipinski definition) is 2. The van der Waals surface area contributed by atoms with E-state index in [4.69, 9.17) is 5.11 Å². The van der Waals surface area contributed by atoms with Crippen molar-refractivity contribution in [3.05, 3.63) is 16.1 Å². The number of thiazole rings is 1. The van der Waals surface area contributed by atoms with E-state index in [1.54, 1.807) is 0 Å². The molecule has 8 heteroatoms. The molecule has 2 rings (SSSR count). The SMILES string of the molecule is O=C(CC1CSCCS1)NCc1nc(C(=O)O)cs1. The predicted octanol–water partition coefficient (Wildman–Crippen LogP) is 1.70. The number of carbonyl (C=O) groups excluding carboxylic acids is 1. The van der Waals surface area contributed by atoms with Gasteiger partial charge in [0.25, 0.3) is 0 Å². The molecule has 1 fully saturated rings. The number of aromatic carboxylic acids is 1. The zero-order chi connectivity index (χ0) is 13.7. The number of carboxylic acid groups (broad SMARTS) is 1. The molecule has 0 bridgehead atoms. The fourth-order valence-corrected chi connectivity index (χ4v) is 4.99. The van der Waals surface area contributed by atoms with Crippen molar-refractivity contribution >= 4 is 46.7 Å². The van der Waals surface area contributed by atoms with E-state index in [2.05, 4.69) is 10.3 Å². The van der Waals surface area contributed by atoms with Crippen molar-refractivity contribution in [2.45, 2.75) is 18.2 Å². The van der Waals surface area contributed by atoms with Gasteiger partial charge in [0.2, 0.25) is 5.91 Å². The highest BCUT2D eigenvalue weighted by atomic mass is 32.2. The molecule has 1 unspecified atom stereocenters. The molecule has 104 valence electrons. The maximum absolute atomic E-state index is 11.8. The van der Waals surface area contributed by atoms with E-state index in [1.165, 1.54) is 22.5 Å². The molecule has 1 atom stereocenters. The number of rotatable bonds is 5. The molecule has 1 aromatic rings. The van der Waals surface area contributed by atoms with Crippen LogP contribution in [-0.2, 0) is 11.3 Å². The molecule has 5 nitrogen and oxygen atoms in total. The van der Waals surface area contributed by atoms with Gasteiger partial charge >= 0.3 is 5.97 Å². The van der Waals surface area contributed by atoms with E-state index in [1.807, 2.05) is 23.5 Å². The highest BCUT2D eigenvalue weighted by Gasteiger charge is 2.18. The van der Waals surface area contributed by atoms with Crippen LogP contribution in [0.5, 0.6) is 0 Å². The summed E-state index contributed by atoms with van der Waals surface area (Å²) < 4.78 is 0. The zero-order valence-electron chi connectivity index (χ0n) is 10.1. The molecule has 2 heterocycles. The molecule has 1 saturated heterocycles. The molecule has 2 N–H and O–H groups in total. The monoisotopic (exact) mass is 318 g/mol. The third-order valence-corrected chi connectivity index (χ3v) is 6.20. The third kappa shape index (κ3) is 4.70. The minimum absolute atomic E-state index is 0.00655. The van der Waals surface area contributed by atoms with Gasteiger partial charge in [-0.25, -0.2) is 9.78 Å². The second-order valence-electron chi connectivity index (χ2n) is 3.98. The number of nitrogens with one attached hydrogen (secondary N) is 1. The van der Waals surface area contributed by atoms with Crippen LogP contribution < -0.4 is 5.32 Å². The maximum Gasteiger partial charge on any atom is 0.355 e. The van der Waals surface area contributed by atoms with Gasteiger partial charge in [0, 0.05) is 34.3 Å². The Hall–Kier alpha value is -0.730. The fraction of sp³-hybridized carbons (Fsp3) is 0.545. The van der Waals surface area contributed by atoms with Crippen molar-refractivity contribution in [1.29, 1.82) is 0 Å². The molecule has 1 aromatic heterocycles. The molecule has 0 saturated carbocycles. The van der Waals surface area contributed by atoms with Crippen LogP contribution in [0.15, 0.2) is 5.38 Å². The van der Waals surface area contributed by atoms with Gasteiger partial charge in [-0.2, -0.15) is 23.5 Å². The summed E-state index contributed by atoms with van der Waals surface area (Å²) in [4.78, 5) is 26.3. The summed E-state index contributed by atoms with van der Waals surface area (Å²) in [6.45, 7) is 0.307. The first-order valence-electron chi connectivity index (χ1n) is 5.79. The Morgan fingerprint density at radius 2 is 2.32 bits per heavy atom. The van der Waals surface area contributed by atoms with Crippen LogP contribution in [0.1, 0.15) is 21.9 Å². The molecule has 1 aliphatic heterocycles. The van der Waals surface area contributed by atoms with Crippen molar-refractivity contribution in [2.24, 2.45) is 0 Å². The Labute approximate surface area is 123 Å². The predicted molar refractivity (Wildman–Crippen MR) is 79.1 cm³/mol. The molecular weight excluding hydrogens is 304 g/mol. The lowest BCUT2D eigenvalue weighted by molar-refractivity contribution is -0.121. The van der Waals surface area contributed by atoms with Crippen molar-refractivity contribution in [1.82, 2.24) is 10.3 Å². The van der Waals surface area contributed by atoms with Gasteiger partial charge in [0.05, 0.1) is 6.54 Å². The lowest BCUT2D eigenvalue weighted by Gasteiger charge is -2.20. The second kappa shape index (κ2) is 7.16. The van der Waals surface area contributed by atoms with Crippen LogP contribution in [0, 0.1) is 0 Å². The zero-order valence-corrected chi connectivity index (χ0v) is 12.6. The molecule has 19 heavy (non-hydrogen) atoms. The lowest BCUT2D eigenvalue weighted by atomic mass is 10.3. The summed E-state index contributed by atoms with van der Waals surface area (Å²) in [5, 5.41) is 14.0. The largest absolute Gasteiger partial charge is 0.476 e. The molecule has 0 radical (unpaired) electrons. The average Bonchev–Trinajstić information content (AvgIpc) is 2.86. The third-order valence-electron chi connectivity index (χ3n) is 2.51. The number of aromatic nitrogens is 1. The summed E-state index contributed by atoms with van der Waals surface area (Å²) in [7, 11) is 0. The normalized spacial score (nSPS) is 19.1. The standard InChI is InChI=1S/C11H14N2O3S3/c14-9(3-7-5-17-1-2-18-7)12-4-10-13-8(6-19-10)11(15)16/h6-7H,1-5H2,(H,12,14)(H,15,16). The van der Waals surface area contributed by atoms with Gasteiger partial charge in [-0.15, -0.1) is 11.3 Å². The first-order chi connectivity index (χ1) is 9.15. The van der Waals surface area contributed by atoms with E-state index >= 15 is 0 Å². The summed E-state index contributed by atoms with van der Waals surface area (Å²) >= 11 is 4.99. The number of carbonyl (C=O) groups is 2. The van der Waals surface area contributed by atoms with Crippen LogP contribution in [0.25, 0.3) is 0 Å². The topological polar surface area (TPSA) is 79.3 Å². The van der Waals surface area contributed by atoms with E-state index in [9.17, 15) is 9.59 Å². The summed E-state index contributed by atoms with van der Waals surface area (Å²) in [5.74, 6) is 2.27. The van der Waals surface area contributed by atoms with Crippen LogP contribution in [0.2, 0.25) is 0 Å². The van der Waals surface area contributed by atoms with Gasteiger partial charge < -0.3 is 10.4 Å². The molecule has 0 aliphatic carbocycles. The van der Waals surface area contributed by atoms with E-state index in [-0.39, 0.29) is 11.6 Å². The van der Waals surface area contributed by atoms with Gasteiger partial charge in [0.1, 0.15) is 5.01 Å². The van der Waals surface area contributed by atoms with Crippen LogP contribution >= 0.6 is 34.9 Å². The van der Waals surface area contributed by atoms with Crippen LogP contribution in [0.3, 0.4) is 0 Å². The number of hydrogen-bond acceptors (Lipinski definition) is 6. The Morgan fingerprint density at radius 3 is 2.95 bits per heavy atom. The number of thioether (sulfide) groups is 2. The first kappa shape index (κ1) is 14.7. The quantitative estimate of drug-likeness (QED) is 0.860. The van der Waals surface area contributed by atoms with Gasteiger partial charge in [-0.1, -0.05) is 0 Å². The molecule has 1 aliphatic rings. The lowest BCUT2D eigenvalue weighted by Crippen LogP contribution is -2.28. The summed E-state index contributed by atoms with van der Waals surface area (Å²) in [6.07, 6.45) is 0.523. The van der Waals surface area contributed by atoms with Gasteiger partial charge in [-0.05, 0) is 0 Å². The van der Waals surface area contributed by atoms with E-state index in [0.29, 0.717) is 23.2 Å². The smallest absolute Gasteiger partial charge is 0.355 e. The second-order valence-corrected chi connectivity index (χ2v) is 7.48. The van der Waals surface area contributed by atoms with Gasteiger partial charge in [-0.3, -0.25) is 4.79 Å². The average molecular weight is 318 g/mol.